The number of aliphatic imine (C=N–C) groups is 1. The van der Waals surface area contributed by atoms with E-state index in [1.165, 1.54) is 52.2 Å². The Morgan fingerprint density at radius 2 is 1.96 bits per heavy atom. The number of guanidine groups is 1. The summed E-state index contributed by atoms with van der Waals surface area (Å²) in [6, 6.07) is 0. The minimum atomic E-state index is -0.108. The van der Waals surface area contributed by atoms with Crippen LogP contribution in [0.1, 0.15) is 64.2 Å². The molecule has 0 unspecified atom stereocenters. The molecule has 0 atom stereocenters. The number of hydrogen-bond donors (Lipinski definition) is 1. The van der Waals surface area contributed by atoms with E-state index in [0.29, 0.717) is 11.8 Å². The van der Waals surface area contributed by atoms with Crippen molar-refractivity contribution in [3.8, 4) is 0 Å². The summed E-state index contributed by atoms with van der Waals surface area (Å²) in [4.78, 5) is 18.0. The van der Waals surface area contributed by atoms with Crippen molar-refractivity contribution in [2.24, 2.45) is 10.4 Å². The van der Waals surface area contributed by atoms with Gasteiger partial charge in [0, 0.05) is 33.1 Å². The topological polar surface area (TPSA) is 53.9 Å². The molecule has 5 nitrogen and oxygen atoms in total. The zero-order valence-corrected chi connectivity index (χ0v) is 14.9. The number of carbonyl (C=O) groups excluding carboxylic acids is 1. The standard InChI is InChI=1S/C18H33N3O2/c1-19-17(20-13-8-3-5-9-16(22)23-2)21-14-12-18(15-21)10-6-4-7-11-18/h3-15H2,1-2H3,(H,19,20). The minimum Gasteiger partial charge on any atom is -0.469 e. The molecule has 23 heavy (non-hydrogen) atoms. The van der Waals surface area contributed by atoms with Gasteiger partial charge in [0.05, 0.1) is 7.11 Å². The Kier molecular flexibility index (Phi) is 7.18. The number of methoxy groups -OCH3 is 1. The maximum Gasteiger partial charge on any atom is 0.305 e. The first-order valence-corrected chi connectivity index (χ1v) is 9.21. The fraction of sp³-hybridized carbons (Fsp3) is 0.889. The molecule has 0 bridgehead atoms. The van der Waals surface area contributed by atoms with Crippen molar-refractivity contribution < 1.29 is 9.53 Å². The van der Waals surface area contributed by atoms with Crippen LogP contribution in [0.4, 0.5) is 0 Å². The van der Waals surface area contributed by atoms with Crippen LogP contribution in [0.2, 0.25) is 0 Å². The van der Waals surface area contributed by atoms with Crippen LogP contribution in [0.5, 0.6) is 0 Å². The SMILES string of the molecule is CN=C(NCCCCCC(=O)OC)N1CCC2(CCCCC2)C1. The maximum absolute atomic E-state index is 11.1. The van der Waals surface area contributed by atoms with Gasteiger partial charge in [0.15, 0.2) is 5.96 Å². The van der Waals surface area contributed by atoms with Crippen LogP contribution >= 0.6 is 0 Å². The lowest BCUT2D eigenvalue weighted by molar-refractivity contribution is -0.140. The summed E-state index contributed by atoms with van der Waals surface area (Å²) in [6.07, 6.45) is 11.9. The number of ether oxygens (including phenoxy) is 1. The molecule has 0 aromatic rings. The number of hydrogen-bond acceptors (Lipinski definition) is 3. The van der Waals surface area contributed by atoms with Crippen LogP contribution < -0.4 is 5.32 Å². The first-order valence-electron chi connectivity index (χ1n) is 9.21. The molecule has 5 heteroatoms. The lowest BCUT2D eigenvalue weighted by Gasteiger charge is -2.33. The fourth-order valence-corrected chi connectivity index (χ4v) is 4.03. The second-order valence-electron chi connectivity index (χ2n) is 7.09. The summed E-state index contributed by atoms with van der Waals surface area (Å²) in [6.45, 7) is 3.24. The molecule has 132 valence electrons. The normalized spacial score (nSPS) is 20.8. The van der Waals surface area contributed by atoms with Crippen LogP contribution in [-0.4, -0.2) is 50.6 Å². The van der Waals surface area contributed by atoms with E-state index in [4.69, 9.17) is 0 Å². The second-order valence-corrected chi connectivity index (χ2v) is 7.09. The highest BCUT2D eigenvalue weighted by Gasteiger charge is 2.39. The van der Waals surface area contributed by atoms with E-state index in [-0.39, 0.29) is 5.97 Å². The quantitative estimate of drug-likeness (QED) is 0.353. The highest BCUT2D eigenvalue weighted by molar-refractivity contribution is 5.80. The van der Waals surface area contributed by atoms with Crippen molar-refractivity contribution in [3.05, 3.63) is 0 Å². The van der Waals surface area contributed by atoms with Gasteiger partial charge in [0.1, 0.15) is 0 Å². The maximum atomic E-state index is 11.1. The number of unbranched alkanes of at least 4 members (excludes halogenated alkanes) is 2. The second kappa shape index (κ2) is 9.14. The molecule has 1 saturated heterocycles. The van der Waals surface area contributed by atoms with E-state index >= 15 is 0 Å². The Labute approximate surface area is 140 Å². The van der Waals surface area contributed by atoms with Gasteiger partial charge in [-0.15, -0.1) is 0 Å². The number of likely N-dealkylation sites (tertiary alicyclic amines) is 1. The number of nitrogens with zero attached hydrogens (tertiary/aromatic N) is 2. The van der Waals surface area contributed by atoms with Gasteiger partial charge in [0.2, 0.25) is 0 Å². The van der Waals surface area contributed by atoms with Gasteiger partial charge in [-0.2, -0.15) is 0 Å². The molecule has 1 aliphatic heterocycles. The number of esters is 1. The Bertz CT molecular complexity index is 403. The Hall–Kier alpha value is -1.26. The van der Waals surface area contributed by atoms with Gasteiger partial charge in [-0.05, 0) is 37.5 Å². The van der Waals surface area contributed by atoms with E-state index in [0.717, 1.165) is 38.3 Å². The van der Waals surface area contributed by atoms with Gasteiger partial charge in [-0.25, -0.2) is 0 Å². The monoisotopic (exact) mass is 323 g/mol. The fourth-order valence-electron chi connectivity index (χ4n) is 4.03. The van der Waals surface area contributed by atoms with Crippen LogP contribution in [0, 0.1) is 5.41 Å². The molecule has 0 amide bonds. The average Bonchev–Trinajstić information content (AvgIpc) is 2.97. The van der Waals surface area contributed by atoms with E-state index in [1.807, 2.05) is 7.05 Å². The van der Waals surface area contributed by atoms with Gasteiger partial charge < -0.3 is 15.0 Å². The summed E-state index contributed by atoms with van der Waals surface area (Å²) in [5.74, 6) is 0.948. The van der Waals surface area contributed by atoms with Crippen molar-refractivity contribution in [2.75, 3.05) is 33.8 Å². The van der Waals surface area contributed by atoms with Crippen molar-refractivity contribution >= 4 is 11.9 Å². The summed E-state index contributed by atoms with van der Waals surface area (Å²) >= 11 is 0. The summed E-state index contributed by atoms with van der Waals surface area (Å²) < 4.78 is 4.65. The number of nitrogens with one attached hydrogen (secondary N) is 1. The van der Waals surface area contributed by atoms with Crippen molar-refractivity contribution in [1.82, 2.24) is 10.2 Å². The Morgan fingerprint density at radius 3 is 2.65 bits per heavy atom. The summed E-state index contributed by atoms with van der Waals surface area (Å²) in [5, 5.41) is 3.50. The smallest absolute Gasteiger partial charge is 0.305 e. The predicted molar refractivity (Wildman–Crippen MR) is 93.6 cm³/mol. The lowest BCUT2D eigenvalue weighted by Crippen LogP contribution is -2.41. The summed E-state index contributed by atoms with van der Waals surface area (Å²) in [5.41, 5.74) is 0.566. The zero-order valence-electron chi connectivity index (χ0n) is 14.9. The van der Waals surface area contributed by atoms with Crippen LogP contribution in [0.3, 0.4) is 0 Å². The average molecular weight is 323 g/mol. The largest absolute Gasteiger partial charge is 0.469 e. The van der Waals surface area contributed by atoms with Crippen LogP contribution in [0.15, 0.2) is 4.99 Å². The molecule has 2 rings (SSSR count). The Morgan fingerprint density at radius 1 is 1.17 bits per heavy atom. The minimum absolute atomic E-state index is 0.108. The zero-order chi connectivity index (χ0) is 16.5. The molecule has 1 heterocycles. The van der Waals surface area contributed by atoms with Crippen molar-refractivity contribution in [2.45, 2.75) is 64.2 Å². The molecule has 0 aromatic heterocycles. The van der Waals surface area contributed by atoms with Gasteiger partial charge in [-0.1, -0.05) is 25.7 Å². The first-order chi connectivity index (χ1) is 11.2. The van der Waals surface area contributed by atoms with Crippen LogP contribution in [0.25, 0.3) is 0 Å². The molecule has 1 aliphatic carbocycles. The molecular formula is C18H33N3O2. The molecule has 2 fully saturated rings. The van der Waals surface area contributed by atoms with Gasteiger partial charge in [0.25, 0.3) is 0 Å². The third-order valence-corrected chi connectivity index (χ3v) is 5.43. The number of rotatable bonds is 6. The predicted octanol–water partition coefficient (Wildman–Crippen LogP) is 2.95. The number of carbonyl (C=O) groups is 1. The van der Waals surface area contributed by atoms with E-state index in [1.54, 1.807) is 0 Å². The molecular weight excluding hydrogens is 290 g/mol. The molecule has 1 N–H and O–H groups in total. The van der Waals surface area contributed by atoms with Gasteiger partial charge >= 0.3 is 5.97 Å². The summed E-state index contributed by atoms with van der Waals surface area (Å²) in [7, 11) is 3.33. The van der Waals surface area contributed by atoms with Crippen molar-refractivity contribution in [1.29, 1.82) is 0 Å². The third kappa shape index (κ3) is 5.40. The van der Waals surface area contributed by atoms with Gasteiger partial charge in [-0.3, -0.25) is 9.79 Å². The molecule has 2 aliphatic rings. The third-order valence-electron chi connectivity index (χ3n) is 5.43. The molecule has 1 spiro atoms. The highest BCUT2D eigenvalue weighted by atomic mass is 16.5. The molecule has 1 saturated carbocycles. The lowest BCUT2D eigenvalue weighted by atomic mass is 9.73. The van der Waals surface area contributed by atoms with E-state index in [9.17, 15) is 4.79 Å². The Balaban J connectivity index is 1.65. The van der Waals surface area contributed by atoms with Crippen LogP contribution in [-0.2, 0) is 9.53 Å². The van der Waals surface area contributed by atoms with E-state index < -0.39 is 0 Å². The highest BCUT2D eigenvalue weighted by Crippen LogP contribution is 2.43. The molecule has 0 radical (unpaired) electrons. The molecule has 0 aromatic carbocycles. The first kappa shape index (κ1) is 18.1. The van der Waals surface area contributed by atoms with Crippen molar-refractivity contribution in [3.63, 3.8) is 0 Å². The van der Waals surface area contributed by atoms with E-state index in [2.05, 4.69) is 19.9 Å².